The Balaban J connectivity index is 0.00000595. The molecular formula is C54H57N5OPt-2. The third-order valence-electron chi connectivity index (χ3n) is 10.8. The van der Waals surface area contributed by atoms with E-state index in [1.165, 1.54) is 5.56 Å². The van der Waals surface area contributed by atoms with E-state index in [9.17, 15) is 2.74 Å². The zero-order chi connectivity index (χ0) is 44.6. The molecule has 0 atom stereocenters. The second-order valence-corrected chi connectivity index (χ2v) is 20.0. The zero-order valence-corrected chi connectivity index (χ0v) is 39.7. The SMILES string of the molecule is [2H]C([2H])(c1cn(-c2[c-]c(Oc3[c-]c4c(cc3)c3cc(-c5ccccc5)ccc3n4-c3cc(C(C)(C)C)ccn3)ccn2)[c-][n+]1-c1cc(C(C)(C)C)cc(C(C)(C)C)c1)C(C)(C)C.[Pt]. The van der Waals surface area contributed by atoms with Crippen molar-refractivity contribution in [3.8, 4) is 39.9 Å². The molecule has 0 amide bonds. The Morgan fingerprint density at radius 2 is 1.30 bits per heavy atom. The van der Waals surface area contributed by atoms with Crippen LogP contribution in [0.5, 0.6) is 11.5 Å². The molecule has 61 heavy (non-hydrogen) atoms. The molecule has 0 saturated heterocycles. The second-order valence-electron chi connectivity index (χ2n) is 20.0. The fourth-order valence-corrected chi connectivity index (χ4v) is 7.45. The van der Waals surface area contributed by atoms with Gasteiger partial charge in [0, 0.05) is 47.5 Å². The van der Waals surface area contributed by atoms with Gasteiger partial charge in [-0.3, -0.25) is 14.1 Å². The molecule has 8 rings (SSSR count). The molecule has 0 aliphatic heterocycles. The van der Waals surface area contributed by atoms with Crippen LogP contribution in [0.4, 0.5) is 0 Å². The molecule has 0 unspecified atom stereocenters. The molecule has 0 radical (unpaired) electrons. The molecule has 4 heterocycles. The Morgan fingerprint density at radius 1 is 0.639 bits per heavy atom. The van der Waals surface area contributed by atoms with Gasteiger partial charge in [-0.15, -0.1) is 17.5 Å². The van der Waals surface area contributed by atoms with E-state index in [0.717, 1.165) is 55.6 Å². The maximum absolute atomic E-state index is 9.46. The van der Waals surface area contributed by atoms with Gasteiger partial charge in [-0.2, -0.15) is 18.2 Å². The predicted octanol–water partition coefficient (Wildman–Crippen LogP) is 13.0. The average Bonchev–Trinajstić information content (AvgIpc) is 3.80. The van der Waals surface area contributed by atoms with Crippen molar-refractivity contribution in [3.05, 3.63) is 156 Å². The first-order chi connectivity index (χ1) is 29.0. The van der Waals surface area contributed by atoms with Gasteiger partial charge >= 0.3 is 0 Å². The van der Waals surface area contributed by atoms with E-state index in [-0.39, 0.29) is 37.3 Å². The minimum Gasteiger partial charge on any atom is -0.522 e. The molecule has 316 valence electrons. The van der Waals surface area contributed by atoms with Gasteiger partial charge in [0.05, 0.1) is 17.2 Å². The summed E-state index contributed by atoms with van der Waals surface area (Å²) in [7, 11) is 0. The molecule has 4 aromatic heterocycles. The number of hydrogen-bond acceptors (Lipinski definition) is 3. The minimum absolute atomic E-state index is 0. The summed E-state index contributed by atoms with van der Waals surface area (Å²) in [5.74, 6) is 2.17. The zero-order valence-electron chi connectivity index (χ0n) is 39.4. The van der Waals surface area contributed by atoms with E-state index in [0.29, 0.717) is 23.0 Å². The predicted molar refractivity (Wildman–Crippen MR) is 245 cm³/mol. The number of hydrogen-bond donors (Lipinski definition) is 0. The van der Waals surface area contributed by atoms with E-state index in [1.807, 2.05) is 43.7 Å². The van der Waals surface area contributed by atoms with Crippen LogP contribution >= 0.6 is 0 Å². The molecule has 7 heteroatoms. The molecule has 0 N–H and O–H groups in total. The van der Waals surface area contributed by atoms with E-state index < -0.39 is 11.8 Å². The molecule has 0 fully saturated rings. The van der Waals surface area contributed by atoms with E-state index >= 15 is 0 Å². The summed E-state index contributed by atoms with van der Waals surface area (Å²) in [6, 6.07) is 40.6. The summed E-state index contributed by atoms with van der Waals surface area (Å²) in [6.45, 7) is 25.6. The van der Waals surface area contributed by atoms with Crippen LogP contribution in [-0.2, 0) is 43.7 Å². The summed E-state index contributed by atoms with van der Waals surface area (Å²) in [6.07, 6.45) is 7.06. The normalized spacial score (nSPS) is 13.2. The standard InChI is InChI=1S/C54H57N5O.Pt/c1-51(2,3)33-42-34-57(35-58(42)41-28-39(53(7,8)9)27-40(29-41)54(10,11)12)49-32-44(23-25-55-49)60-43-19-20-45-46-26-37(36-16-14-13-15-17-36)18-21-47(46)59(48(45)31-43)50-30-38(22-24-56-50)52(4,5)6;/h13-30,34H,33H2,1-12H3;/q-2;/i33D2;. The van der Waals surface area contributed by atoms with Gasteiger partial charge in [0.25, 0.3) is 6.33 Å². The third kappa shape index (κ3) is 9.31. The topological polar surface area (TPSA) is 48.8 Å². The van der Waals surface area contributed by atoms with Crippen molar-refractivity contribution < 1.29 is 33.1 Å². The van der Waals surface area contributed by atoms with Crippen LogP contribution < -0.4 is 9.30 Å². The number of fused-ring (bicyclic) bond motifs is 3. The van der Waals surface area contributed by atoms with E-state index in [1.54, 1.807) is 23.0 Å². The summed E-state index contributed by atoms with van der Waals surface area (Å²) in [4.78, 5) is 9.57. The minimum atomic E-state index is -1.74. The van der Waals surface area contributed by atoms with Crippen LogP contribution in [0.1, 0.15) is 108 Å². The van der Waals surface area contributed by atoms with Gasteiger partial charge in [0.15, 0.2) is 0 Å². The third-order valence-corrected chi connectivity index (χ3v) is 10.8. The maximum Gasteiger partial charge on any atom is 0.269 e. The van der Waals surface area contributed by atoms with Gasteiger partial charge in [-0.05, 0) is 97.3 Å². The summed E-state index contributed by atoms with van der Waals surface area (Å²) in [5.41, 5.74) is 7.91. The van der Waals surface area contributed by atoms with Gasteiger partial charge in [0.2, 0.25) is 0 Å². The smallest absolute Gasteiger partial charge is 0.269 e. The molecule has 0 aliphatic rings. The first-order valence-corrected chi connectivity index (χ1v) is 20.8. The molecule has 0 bridgehead atoms. The Hall–Kier alpha value is -5.32. The number of aromatic nitrogens is 5. The maximum atomic E-state index is 9.46. The van der Waals surface area contributed by atoms with E-state index in [4.69, 9.17) is 9.72 Å². The Morgan fingerprint density at radius 3 is 1.95 bits per heavy atom. The van der Waals surface area contributed by atoms with Gasteiger partial charge in [0.1, 0.15) is 5.82 Å². The largest absolute Gasteiger partial charge is 0.522 e. The van der Waals surface area contributed by atoms with Crippen molar-refractivity contribution in [2.45, 2.75) is 106 Å². The molecule has 8 aromatic rings. The second kappa shape index (κ2) is 16.2. The van der Waals surface area contributed by atoms with Crippen molar-refractivity contribution in [2.75, 3.05) is 0 Å². The molecule has 4 aromatic carbocycles. The molecule has 0 saturated carbocycles. The fraction of sp³-hybridized carbons (Fsp3) is 0.315. The van der Waals surface area contributed by atoms with Crippen molar-refractivity contribution >= 4 is 21.8 Å². The Labute approximate surface area is 379 Å². The first kappa shape index (κ1) is 41.1. The average molecular weight is 989 g/mol. The number of benzene rings is 4. The van der Waals surface area contributed by atoms with Gasteiger partial charge in [-0.1, -0.05) is 143 Å². The van der Waals surface area contributed by atoms with Crippen molar-refractivity contribution in [3.63, 3.8) is 0 Å². The van der Waals surface area contributed by atoms with Gasteiger partial charge in [-0.25, -0.2) is 4.98 Å². The Bertz CT molecular complexity index is 2920. The molecule has 6 nitrogen and oxygen atoms in total. The monoisotopic (exact) mass is 988 g/mol. The fourth-order valence-electron chi connectivity index (χ4n) is 7.45. The molecule has 0 aliphatic carbocycles. The van der Waals surface area contributed by atoms with Crippen molar-refractivity contribution in [1.82, 2.24) is 19.1 Å². The summed E-state index contributed by atoms with van der Waals surface area (Å²) < 4.78 is 31.2. The number of pyridine rings is 2. The number of nitrogens with zero attached hydrogens (tertiary/aromatic N) is 5. The summed E-state index contributed by atoms with van der Waals surface area (Å²) in [5, 5.41) is 2.12. The quantitative estimate of drug-likeness (QED) is 0.118. The Kier molecular flexibility index (Phi) is 10.9. The van der Waals surface area contributed by atoms with Crippen molar-refractivity contribution in [2.24, 2.45) is 5.41 Å². The first-order valence-electron chi connectivity index (χ1n) is 21.8. The van der Waals surface area contributed by atoms with Crippen LogP contribution in [0.15, 0.2) is 116 Å². The molecular weight excluding hydrogens is 930 g/mol. The number of ether oxygens (including phenoxy) is 1. The van der Waals surface area contributed by atoms with Crippen LogP contribution in [0, 0.1) is 23.9 Å². The van der Waals surface area contributed by atoms with Crippen LogP contribution in [0.3, 0.4) is 0 Å². The van der Waals surface area contributed by atoms with E-state index in [2.05, 4.69) is 169 Å². The van der Waals surface area contributed by atoms with Crippen LogP contribution in [0.25, 0.3) is 50.3 Å². The van der Waals surface area contributed by atoms with Crippen LogP contribution in [0.2, 0.25) is 0 Å². The molecule has 0 spiro atoms. The van der Waals surface area contributed by atoms with Crippen LogP contribution in [-0.4, -0.2) is 19.1 Å². The number of imidazole rings is 1. The number of rotatable bonds is 7. The van der Waals surface area contributed by atoms with Crippen molar-refractivity contribution in [1.29, 1.82) is 0 Å². The summed E-state index contributed by atoms with van der Waals surface area (Å²) >= 11 is 0. The van der Waals surface area contributed by atoms with Gasteiger partial charge < -0.3 is 9.30 Å².